The Hall–Kier alpha value is -2.38. The van der Waals surface area contributed by atoms with Gasteiger partial charge in [0.15, 0.2) is 0 Å². The average molecular weight is 381 g/mol. The summed E-state index contributed by atoms with van der Waals surface area (Å²) in [4.78, 5) is 31.4. The normalized spacial score (nSPS) is 12.0. The number of carbonyl (C=O) groups is 2. The minimum atomic E-state index is -0.705. The maximum atomic E-state index is 15.1. The van der Waals surface area contributed by atoms with Crippen LogP contribution in [0, 0.1) is 5.82 Å². The first kappa shape index (κ1) is 19.9. The number of nitrogens with zero attached hydrogens (tertiary/aromatic N) is 2. The number of nitrogen functional groups attached to an aromatic ring is 1. The third kappa shape index (κ3) is 4.62. The van der Waals surface area contributed by atoms with Crippen LogP contribution in [0.3, 0.4) is 0 Å². The van der Waals surface area contributed by atoms with E-state index in [1.807, 2.05) is 6.92 Å². The van der Waals surface area contributed by atoms with Crippen molar-refractivity contribution in [3.63, 3.8) is 0 Å². The van der Waals surface area contributed by atoms with Gasteiger partial charge in [0.2, 0.25) is 5.78 Å². The highest BCUT2D eigenvalue weighted by Crippen LogP contribution is 2.29. The zero-order chi connectivity index (χ0) is 19.3. The fourth-order valence-corrected chi connectivity index (χ4v) is 2.76. The Labute approximate surface area is 157 Å². The number of anilines is 1. The molecule has 0 spiro atoms. The summed E-state index contributed by atoms with van der Waals surface area (Å²) >= 11 is 6.07. The van der Waals surface area contributed by atoms with Gasteiger partial charge in [-0.15, -0.1) is 0 Å². The fourth-order valence-electron chi connectivity index (χ4n) is 2.53. The van der Waals surface area contributed by atoms with E-state index in [1.165, 1.54) is 31.5 Å². The third-order valence-corrected chi connectivity index (χ3v) is 4.22. The predicted octanol–water partition coefficient (Wildman–Crippen LogP) is 3.35. The molecule has 2 rings (SSSR count). The summed E-state index contributed by atoms with van der Waals surface area (Å²) in [7, 11) is 0. The van der Waals surface area contributed by atoms with Crippen molar-refractivity contribution in [2.75, 3.05) is 12.3 Å². The molecule has 1 atom stereocenters. The summed E-state index contributed by atoms with van der Waals surface area (Å²) in [6.45, 7) is 3.80. The number of carbonyl (C=O) groups excluding carboxylic acids is 2. The van der Waals surface area contributed by atoms with Crippen molar-refractivity contribution in [1.82, 2.24) is 15.3 Å². The van der Waals surface area contributed by atoms with Crippen LogP contribution in [0.15, 0.2) is 24.5 Å². The molecule has 1 aromatic carbocycles. The molecule has 0 fully saturated rings. The van der Waals surface area contributed by atoms with Gasteiger partial charge in [-0.1, -0.05) is 24.6 Å². The van der Waals surface area contributed by atoms with Crippen LogP contribution >= 0.6 is 11.6 Å². The lowest BCUT2D eigenvalue weighted by molar-refractivity contribution is -0.116. The topological polar surface area (TPSA) is 98.0 Å². The van der Waals surface area contributed by atoms with Crippen molar-refractivity contribution in [3.05, 3.63) is 52.2 Å². The number of ketones is 2. The number of benzene rings is 1. The molecule has 0 radical (unpaired) electrons. The lowest BCUT2D eigenvalue weighted by Gasteiger charge is -2.19. The molecule has 0 aliphatic carbocycles. The third-order valence-electron chi connectivity index (χ3n) is 3.90. The summed E-state index contributed by atoms with van der Waals surface area (Å²) in [6.07, 6.45) is 3.33. The number of nitrogens with two attached hydrogens (primary N) is 1. The van der Waals surface area contributed by atoms with E-state index in [4.69, 9.17) is 17.3 Å². The molecule has 0 bridgehead atoms. The number of nitrogens with one attached hydrogen (secondary N) is 1. The van der Waals surface area contributed by atoms with Gasteiger partial charge in [0.25, 0.3) is 0 Å². The fraction of sp³-hybridized carbons (Fsp3) is 0.333. The number of halogens is 2. The van der Waals surface area contributed by atoms with Gasteiger partial charge < -0.3 is 11.1 Å². The summed E-state index contributed by atoms with van der Waals surface area (Å²) in [5, 5.41) is 3.12. The second kappa shape index (κ2) is 8.82. The van der Waals surface area contributed by atoms with Crippen LogP contribution in [0.5, 0.6) is 0 Å². The van der Waals surface area contributed by atoms with Crippen LogP contribution in [0.2, 0.25) is 5.02 Å². The van der Waals surface area contributed by atoms with Crippen LogP contribution in [0.1, 0.15) is 55.8 Å². The maximum absolute atomic E-state index is 15.1. The van der Waals surface area contributed by atoms with Crippen LogP contribution < -0.4 is 11.1 Å². The molecular formula is C18H22ClFN4O2. The summed E-state index contributed by atoms with van der Waals surface area (Å²) in [5.74, 6) is -1.17. The second-order valence-corrected chi connectivity index (χ2v) is 6.26. The highest BCUT2D eigenvalue weighted by Gasteiger charge is 2.24. The highest BCUT2D eigenvalue weighted by atomic mass is 35.5. The Morgan fingerprint density at radius 2 is 2.08 bits per heavy atom. The van der Waals surface area contributed by atoms with E-state index in [0.29, 0.717) is 24.9 Å². The average Bonchev–Trinajstić information content (AvgIpc) is 2.60. The number of hydrogen-bond acceptors (Lipinski definition) is 6. The molecule has 3 N–H and O–H groups in total. The van der Waals surface area contributed by atoms with Gasteiger partial charge in [-0.2, -0.15) is 0 Å². The summed E-state index contributed by atoms with van der Waals surface area (Å²) < 4.78 is 15.1. The van der Waals surface area contributed by atoms with E-state index < -0.39 is 11.6 Å². The van der Waals surface area contributed by atoms with E-state index in [9.17, 15) is 9.59 Å². The van der Waals surface area contributed by atoms with Gasteiger partial charge >= 0.3 is 0 Å². The zero-order valence-electron chi connectivity index (χ0n) is 14.6. The minimum absolute atomic E-state index is 0. The second-order valence-electron chi connectivity index (χ2n) is 5.85. The molecule has 0 saturated heterocycles. The molecule has 0 saturated carbocycles. The molecule has 2 aromatic rings. The van der Waals surface area contributed by atoms with Crippen LogP contribution in [-0.2, 0) is 4.79 Å². The van der Waals surface area contributed by atoms with Gasteiger partial charge in [-0.3, -0.25) is 9.59 Å². The van der Waals surface area contributed by atoms with Gasteiger partial charge in [0, 0.05) is 26.0 Å². The van der Waals surface area contributed by atoms with Crippen molar-refractivity contribution < 1.29 is 15.4 Å². The lowest BCUT2D eigenvalue weighted by Crippen LogP contribution is -2.25. The van der Waals surface area contributed by atoms with Gasteiger partial charge in [-0.25, -0.2) is 14.4 Å². The Balaban J connectivity index is 0.00000364. The van der Waals surface area contributed by atoms with Gasteiger partial charge in [-0.05, 0) is 19.4 Å². The number of Topliss-reactive ketones (excluding diaryl/α,β-unsaturated/α-hetero) is 1. The highest BCUT2D eigenvalue weighted by molar-refractivity contribution is 6.34. The molecule has 26 heavy (non-hydrogen) atoms. The summed E-state index contributed by atoms with van der Waals surface area (Å²) in [5.41, 5.74) is 5.47. The molecule has 1 heterocycles. The molecular weight excluding hydrogens is 359 g/mol. The molecule has 0 unspecified atom stereocenters. The molecule has 0 amide bonds. The molecule has 6 nitrogen and oxygen atoms in total. The molecule has 140 valence electrons. The zero-order valence-corrected chi connectivity index (χ0v) is 15.3. The monoisotopic (exact) mass is 380 g/mol. The standard InChI is InChI=1S/C18H20ClFN4O2.H2/c1-3-13(22-7-6-10(2)25)11-4-5-12(19)16(17(11)20)18(26)14-8-24-15(21)9-23-14;/h4-5,8-9,13,22H,3,6-7H2,1-2H3,(H2,21,24);1H/t13-;/m1./s1. The number of rotatable bonds is 8. The van der Waals surface area contributed by atoms with E-state index in [-0.39, 0.29) is 35.3 Å². The molecule has 1 aromatic heterocycles. The minimum Gasteiger partial charge on any atom is -0.382 e. The van der Waals surface area contributed by atoms with Crippen molar-refractivity contribution in [2.45, 2.75) is 32.7 Å². The first-order valence-electron chi connectivity index (χ1n) is 8.18. The van der Waals surface area contributed by atoms with Gasteiger partial charge in [0.1, 0.15) is 23.1 Å². The van der Waals surface area contributed by atoms with E-state index >= 15 is 4.39 Å². The quantitative estimate of drug-likeness (QED) is 0.681. The Morgan fingerprint density at radius 3 is 2.65 bits per heavy atom. The molecule has 0 aliphatic heterocycles. The van der Waals surface area contributed by atoms with Crippen molar-refractivity contribution >= 4 is 29.0 Å². The van der Waals surface area contributed by atoms with Gasteiger partial charge in [0.05, 0.1) is 23.0 Å². The SMILES string of the molecule is CC[C@@H](NCCC(C)=O)c1ccc(Cl)c(C(=O)c2cnc(N)cn2)c1F.[HH]. The van der Waals surface area contributed by atoms with Crippen molar-refractivity contribution in [1.29, 1.82) is 0 Å². The van der Waals surface area contributed by atoms with Crippen LogP contribution in [0.4, 0.5) is 10.2 Å². The van der Waals surface area contributed by atoms with Crippen molar-refractivity contribution in [2.24, 2.45) is 0 Å². The smallest absolute Gasteiger partial charge is 0.217 e. The van der Waals surface area contributed by atoms with E-state index in [2.05, 4.69) is 15.3 Å². The van der Waals surface area contributed by atoms with E-state index in [1.54, 1.807) is 0 Å². The lowest BCUT2D eigenvalue weighted by atomic mass is 9.97. The molecule has 0 aliphatic rings. The van der Waals surface area contributed by atoms with E-state index in [0.717, 1.165) is 0 Å². The Bertz CT molecular complexity index is 818. The first-order valence-corrected chi connectivity index (χ1v) is 8.55. The molecule has 8 heteroatoms. The largest absolute Gasteiger partial charge is 0.382 e. The van der Waals surface area contributed by atoms with Crippen LogP contribution in [0.25, 0.3) is 0 Å². The number of hydrogen-bond donors (Lipinski definition) is 2. The Kier molecular flexibility index (Phi) is 6.76. The first-order chi connectivity index (χ1) is 12.3. The van der Waals surface area contributed by atoms with Crippen LogP contribution in [-0.4, -0.2) is 28.1 Å². The maximum Gasteiger partial charge on any atom is 0.217 e. The predicted molar refractivity (Wildman–Crippen MR) is 99.7 cm³/mol. The Morgan fingerprint density at radius 1 is 1.35 bits per heavy atom. The number of aromatic nitrogens is 2. The van der Waals surface area contributed by atoms with Crippen molar-refractivity contribution in [3.8, 4) is 0 Å². The summed E-state index contributed by atoms with van der Waals surface area (Å²) in [6, 6.07) is 2.67.